The van der Waals surface area contributed by atoms with E-state index < -0.39 is 0 Å². The molecule has 2 aromatic rings. The van der Waals surface area contributed by atoms with Crippen molar-refractivity contribution >= 4 is 0 Å². The van der Waals surface area contributed by atoms with Crippen molar-refractivity contribution in [2.75, 3.05) is 13.1 Å². The Labute approximate surface area is 126 Å². The molecule has 4 rings (SSSR count). The van der Waals surface area contributed by atoms with Crippen LogP contribution in [0.2, 0.25) is 0 Å². The second-order valence-electron chi connectivity index (χ2n) is 6.64. The van der Waals surface area contributed by atoms with Crippen molar-refractivity contribution in [2.45, 2.75) is 24.9 Å². The standard InChI is InChI=1S/C19H22N2/c20-17-11-12-19(17)13-21(14-19)18(15-7-3-1-4-8-15)16-9-5-2-6-10-16/h1-10,17-18H,11-14,20H2/t17-/m1/s1. The van der Waals surface area contributed by atoms with Gasteiger partial charge in [0, 0.05) is 24.5 Å². The molecule has 1 saturated carbocycles. The van der Waals surface area contributed by atoms with Gasteiger partial charge < -0.3 is 5.73 Å². The Balaban J connectivity index is 1.63. The number of nitrogens with zero attached hydrogens (tertiary/aromatic N) is 1. The first kappa shape index (κ1) is 13.1. The summed E-state index contributed by atoms with van der Waals surface area (Å²) < 4.78 is 0. The first-order valence-corrected chi connectivity index (χ1v) is 7.88. The predicted octanol–water partition coefficient (Wildman–Crippen LogP) is 3.20. The van der Waals surface area contributed by atoms with Gasteiger partial charge in [0.15, 0.2) is 0 Å². The number of hydrogen-bond acceptors (Lipinski definition) is 2. The molecule has 2 N–H and O–H groups in total. The Morgan fingerprint density at radius 3 is 1.81 bits per heavy atom. The molecule has 21 heavy (non-hydrogen) atoms. The van der Waals surface area contributed by atoms with E-state index in [1.165, 1.54) is 24.0 Å². The van der Waals surface area contributed by atoms with Gasteiger partial charge in [0.05, 0.1) is 6.04 Å². The maximum atomic E-state index is 6.23. The summed E-state index contributed by atoms with van der Waals surface area (Å²) in [5, 5.41) is 0. The van der Waals surface area contributed by atoms with E-state index in [1.54, 1.807) is 0 Å². The van der Waals surface area contributed by atoms with Crippen LogP contribution in [-0.4, -0.2) is 24.0 Å². The van der Waals surface area contributed by atoms with E-state index in [9.17, 15) is 0 Å². The monoisotopic (exact) mass is 278 g/mol. The van der Waals surface area contributed by atoms with Gasteiger partial charge in [-0.2, -0.15) is 0 Å². The third kappa shape index (κ3) is 2.10. The van der Waals surface area contributed by atoms with Crippen LogP contribution < -0.4 is 5.73 Å². The van der Waals surface area contributed by atoms with E-state index in [1.807, 2.05) is 0 Å². The predicted molar refractivity (Wildman–Crippen MR) is 85.9 cm³/mol. The molecular weight excluding hydrogens is 256 g/mol. The molecule has 0 amide bonds. The maximum absolute atomic E-state index is 6.23. The van der Waals surface area contributed by atoms with Crippen LogP contribution in [0.15, 0.2) is 60.7 Å². The molecule has 1 spiro atoms. The molecule has 0 aromatic heterocycles. The normalized spacial score (nSPS) is 23.8. The summed E-state index contributed by atoms with van der Waals surface area (Å²) in [4.78, 5) is 2.59. The average molecular weight is 278 g/mol. The molecule has 2 heteroatoms. The number of benzene rings is 2. The third-order valence-corrected chi connectivity index (χ3v) is 5.37. The summed E-state index contributed by atoms with van der Waals surface area (Å²) >= 11 is 0. The molecular formula is C19H22N2. The summed E-state index contributed by atoms with van der Waals surface area (Å²) in [5.74, 6) is 0. The SMILES string of the molecule is N[C@@H]1CCC12CN(C(c1ccccc1)c1ccccc1)C2. The molecule has 1 heterocycles. The molecule has 0 unspecified atom stereocenters. The van der Waals surface area contributed by atoms with Gasteiger partial charge in [0.25, 0.3) is 0 Å². The van der Waals surface area contributed by atoms with Crippen LogP contribution in [0.1, 0.15) is 30.0 Å². The van der Waals surface area contributed by atoms with Crippen molar-refractivity contribution in [1.29, 1.82) is 0 Å². The van der Waals surface area contributed by atoms with Gasteiger partial charge in [0.2, 0.25) is 0 Å². The van der Waals surface area contributed by atoms with Gasteiger partial charge in [-0.25, -0.2) is 0 Å². The van der Waals surface area contributed by atoms with E-state index in [4.69, 9.17) is 5.73 Å². The zero-order valence-electron chi connectivity index (χ0n) is 12.3. The molecule has 2 nitrogen and oxygen atoms in total. The quantitative estimate of drug-likeness (QED) is 0.934. The van der Waals surface area contributed by atoms with Gasteiger partial charge in [-0.05, 0) is 24.0 Å². The van der Waals surface area contributed by atoms with Gasteiger partial charge in [0.1, 0.15) is 0 Å². The molecule has 0 bridgehead atoms. The van der Waals surface area contributed by atoms with Gasteiger partial charge in [-0.3, -0.25) is 4.90 Å². The fourth-order valence-electron chi connectivity index (χ4n) is 3.94. The number of hydrogen-bond donors (Lipinski definition) is 1. The number of nitrogens with two attached hydrogens (primary N) is 1. The van der Waals surface area contributed by atoms with E-state index in [-0.39, 0.29) is 0 Å². The first-order chi connectivity index (χ1) is 10.3. The largest absolute Gasteiger partial charge is 0.327 e. The van der Waals surface area contributed by atoms with Crippen LogP contribution in [0.5, 0.6) is 0 Å². The van der Waals surface area contributed by atoms with Crippen molar-refractivity contribution in [1.82, 2.24) is 4.90 Å². The van der Waals surface area contributed by atoms with Crippen molar-refractivity contribution in [3.63, 3.8) is 0 Å². The van der Waals surface area contributed by atoms with E-state index in [0.29, 0.717) is 17.5 Å². The number of rotatable bonds is 3. The van der Waals surface area contributed by atoms with Gasteiger partial charge >= 0.3 is 0 Å². The van der Waals surface area contributed by atoms with Crippen LogP contribution in [0.4, 0.5) is 0 Å². The van der Waals surface area contributed by atoms with Crippen molar-refractivity contribution < 1.29 is 0 Å². The maximum Gasteiger partial charge on any atom is 0.0602 e. The molecule has 2 aliphatic rings. The van der Waals surface area contributed by atoms with Crippen LogP contribution in [0.3, 0.4) is 0 Å². The summed E-state index contributed by atoms with van der Waals surface area (Å²) in [6.45, 7) is 2.28. The van der Waals surface area contributed by atoms with Crippen molar-refractivity contribution in [2.24, 2.45) is 11.1 Å². The molecule has 108 valence electrons. The smallest absolute Gasteiger partial charge is 0.0602 e. The average Bonchev–Trinajstić information content (AvgIpc) is 2.50. The second-order valence-corrected chi connectivity index (χ2v) is 6.64. The minimum absolute atomic E-state index is 0.367. The minimum Gasteiger partial charge on any atom is -0.327 e. The Hall–Kier alpha value is -1.64. The fourth-order valence-corrected chi connectivity index (χ4v) is 3.94. The van der Waals surface area contributed by atoms with Gasteiger partial charge in [-0.15, -0.1) is 0 Å². The third-order valence-electron chi connectivity index (χ3n) is 5.37. The molecule has 1 atom stereocenters. The molecule has 1 aliphatic heterocycles. The van der Waals surface area contributed by atoms with Crippen LogP contribution in [0, 0.1) is 5.41 Å². The lowest BCUT2D eigenvalue weighted by atomic mass is 9.59. The summed E-state index contributed by atoms with van der Waals surface area (Å²) in [6, 6.07) is 22.5. The zero-order chi connectivity index (χ0) is 14.3. The molecule has 1 saturated heterocycles. The molecule has 0 radical (unpaired) electrons. The van der Waals surface area contributed by atoms with Crippen LogP contribution in [0.25, 0.3) is 0 Å². The molecule has 2 aromatic carbocycles. The lowest BCUT2D eigenvalue weighted by molar-refractivity contribution is -0.0924. The van der Waals surface area contributed by atoms with Crippen molar-refractivity contribution in [3.05, 3.63) is 71.8 Å². The van der Waals surface area contributed by atoms with E-state index in [2.05, 4.69) is 65.6 Å². The van der Waals surface area contributed by atoms with Crippen LogP contribution in [-0.2, 0) is 0 Å². The highest BCUT2D eigenvalue weighted by atomic mass is 15.3. The van der Waals surface area contributed by atoms with Crippen LogP contribution >= 0.6 is 0 Å². The van der Waals surface area contributed by atoms with Crippen molar-refractivity contribution in [3.8, 4) is 0 Å². The second kappa shape index (κ2) is 4.97. The summed E-state index contributed by atoms with van der Waals surface area (Å²) in [6.07, 6.45) is 2.51. The summed E-state index contributed by atoms with van der Waals surface area (Å²) in [5.41, 5.74) is 9.41. The lowest BCUT2D eigenvalue weighted by Gasteiger charge is -2.61. The first-order valence-electron chi connectivity index (χ1n) is 7.88. The van der Waals surface area contributed by atoms with E-state index >= 15 is 0 Å². The minimum atomic E-state index is 0.367. The molecule has 1 aliphatic carbocycles. The highest BCUT2D eigenvalue weighted by Crippen LogP contribution is 2.50. The Bertz CT molecular complexity index is 562. The number of likely N-dealkylation sites (tertiary alicyclic amines) is 1. The van der Waals surface area contributed by atoms with E-state index in [0.717, 1.165) is 13.1 Å². The highest BCUT2D eigenvalue weighted by Gasteiger charge is 2.54. The Kier molecular flexibility index (Phi) is 3.09. The lowest BCUT2D eigenvalue weighted by Crippen LogP contribution is -2.69. The Morgan fingerprint density at radius 1 is 0.905 bits per heavy atom. The summed E-state index contributed by atoms with van der Waals surface area (Å²) in [7, 11) is 0. The fraction of sp³-hybridized carbons (Fsp3) is 0.368. The topological polar surface area (TPSA) is 29.3 Å². The molecule has 2 fully saturated rings. The van der Waals surface area contributed by atoms with Gasteiger partial charge in [-0.1, -0.05) is 60.7 Å². The highest BCUT2D eigenvalue weighted by molar-refractivity contribution is 5.33. The Morgan fingerprint density at radius 2 is 1.43 bits per heavy atom. The zero-order valence-corrected chi connectivity index (χ0v) is 12.3.